The number of benzene rings is 2. The van der Waals surface area contributed by atoms with Crippen molar-refractivity contribution in [3.63, 3.8) is 0 Å². The maximum absolute atomic E-state index is 14.3. The molecule has 3 aliphatic rings. The van der Waals surface area contributed by atoms with Crippen LogP contribution >= 0.6 is 0 Å². The molecule has 2 aromatic rings. The van der Waals surface area contributed by atoms with Crippen LogP contribution in [0.15, 0.2) is 60.7 Å². The van der Waals surface area contributed by atoms with Crippen molar-refractivity contribution in [2.45, 2.75) is 103 Å². The molecule has 0 radical (unpaired) electrons. The topological polar surface area (TPSA) is 144 Å². The molecule has 0 bridgehead atoms. The van der Waals surface area contributed by atoms with E-state index in [1.165, 1.54) is 28.1 Å². The van der Waals surface area contributed by atoms with Crippen LogP contribution in [0.25, 0.3) is 0 Å². The van der Waals surface area contributed by atoms with Gasteiger partial charge in [-0.25, -0.2) is 4.79 Å². The lowest BCUT2D eigenvalue weighted by Gasteiger charge is -2.57. The highest BCUT2D eigenvalue weighted by Gasteiger charge is 2.65. The lowest BCUT2D eigenvalue weighted by atomic mass is 9.68. The lowest BCUT2D eigenvalue weighted by molar-refractivity contribution is -0.374. The molecule has 3 fully saturated rings. The lowest BCUT2D eigenvalue weighted by Crippen LogP contribution is -2.72. The predicted octanol–water partition coefficient (Wildman–Crippen LogP) is 4.62. The second-order valence-electron chi connectivity index (χ2n) is 14.3. The van der Waals surface area contributed by atoms with Gasteiger partial charge in [0.15, 0.2) is 11.9 Å². The van der Waals surface area contributed by atoms with E-state index in [1.54, 1.807) is 0 Å². The first-order valence-corrected chi connectivity index (χ1v) is 18.2. The van der Waals surface area contributed by atoms with Gasteiger partial charge in [0.25, 0.3) is 0 Å². The predicted molar refractivity (Wildman–Crippen MR) is 189 cm³/mol. The molecule has 2 aromatic carbocycles. The fourth-order valence-corrected chi connectivity index (χ4v) is 7.89. The number of carbonyl (C=O) groups is 3. The van der Waals surface area contributed by atoms with Gasteiger partial charge in [-0.2, -0.15) is 0 Å². The summed E-state index contributed by atoms with van der Waals surface area (Å²) in [6.45, 7) is 8.87. The first-order valence-electron chi connectivity index (χ1n) is 18.2. The number of rotatable bonds is 15. The van der Waals surface area contributed by atoms with Crippen molar-refractivity contribution in [3.8, 4) is 0 Å². The molecule has 0 saturated carbocycles. The van der Waals surface area contributed by atoms with E-state index in [-0.39, 0.29) is 44.9 Å². The number of carbonyl (C=O) groups excluding carboxylic acids is 3. The molecule has 13 nitrogen and oxygen atoms in total. The number of hydrogen-bond donors (Lipinski definition) is 0. The molecule has 0 aromatic heterocycles. The highest BCUT2D eigenvalue weighted by Crippen LogP contribution is 2.49. The third kappa shape index (κ3) is 9.63. The van der Waals surface area contributed by atoms with Crippen LogP contribution in [0, 0.1) is 23.7 Å². The van der Waals surface area contributed by atoms with Gasteiger partial charge in [-0.05, 0) is 29.4 Å². The second kappa shape index (κ2) is 18.7. The number of esters is 3. The Hall–Kier alpha value is -3.43. The van der Waals surface area contributed by atoms with Gasteiger partial charge in [-0.15, -0.1) is 0 Å². The Balaban J connectivity index is 1.53. The van der Waals surface area contributed by atoms with Crippen LogP contribution in [0.1, 0.15) is 52.2 Å². The number of hydrogen-bond acceptors (Lipinski definition) is 13. The summed E-state index contributed by atoms with van der Waals surface area (Å²) in [5.74, 6) is -3.06. The van der Waals surface area contributed by atoms with Crippen molar-refractivity contribution < 1.29 is 61.8 Å². The van der Waals surface area contributed by atoms with E-state index in [4.69, 9.17) is 47.4 Å². The van der Waals surface area contributed by atoms with Gasteiger partial charge < -0.3 is 47.4 Å². The van der Waals surface area contributed by atoms with E-state index < -0.39 is 78.3 Å². The summed E-state index contributed by atoms with van der Waals surface area (Å²) >= 11 is 0. The molecular formula is C40H54O13. The van der Waals surface area contributed by atoms with Crippen molar-refractivity contribution in [3.05, 3.63) is 71.8 Å². The van der Waals surface area contributed by atoms with Gasteiger partial charge in [0.1, 0.15) is 37.8 Å². The minimum absolute atomic E-state index is 0.0985. The summed E-state index contributed by atoms with van der Waals surface area (Å²) in [4.78, 5) is 38.3. The molecule has 0 N–H and O–H groups in total. The summed E-state index contributed by atoms with van der Waals surface area (Å²) < 4.78 is 61.6. The van der Waals surface area contributed by atoms with E-state index in [9.17, 15) is 14.4 Å². The van der Waals surface area contributed by atoms with Crippen molar-refractivity contribution in [1.29, 1.82) is 0 Å². The normalized spacial score (nSPS) is 32.5. The van der Waals surface area contributed by atoms with Gasteiger partial charge in [-0.1, -0.05) is 81.4 Å². The Bertz CT molecular complexity index is 1470. The molecule has 5 rings (SSSR count). The Morgan fingerprint density at radius 2 is 1.57 bits per heavy atom. The summed E-state index contributed by atoms with van der Waals surface area (Å²) in [7, 11) is 2.86. The highest BCUT2D eigenvalue weighted by atomic mass is 16.7. The molecule has 3 aliphatic heterocycles. The molecule has 3 heterocycles. The monoisotopic (exact) mass is 742 g/mol. The van der Waals surface area contributed by atoms with Gasteiger partial charge in [0.2, 0.25) is 0 Å². The van der Waals surface area contributed by atoms with Crippen molar-refractivity contribution in [2.24, 2.45) is 23.7 Å². The second-order valence-corrected chi connectivity index (χ2v) is 14.3. The highest BCUT2D eigenvalue weighted by molar-refractivity contribution is 5.81. The maximum Gasteiger partial charge on any atom is 0.340 e. The van der Waals surface area contributed by atoms with E-state index in [1.807, 2.05) is 81.4 Å². The Morgan fingerprint density at radius 1 is 0.906 bits per heavy atom. The zero-order valence-corrected chi connectivity index (χ0v) is 31.7. The van der Waals surface area contributed by atoms with Gasteiger partial charge in [0, 0.05) is 32.8 Å². The van der Waals surface area contributed by atoms with Crippen molar-refractivity contribution >= 4 is 17.9 Å². The molecule has 53 heavy (non-hydrogen) atoms. The van der Waals surface area contributed by atoms with Gasteiger partial charge >= 0.3 is 17.9 Å². The third-order valence-corrected chi connectivity index (χ3v) is 10.7. The maximum atomic E-state index is 14.3. The van der Waals surface area contributed by atoms with Crippen LogP contribution in [0.2, 0.25) is 0 Å². The molecule has 13 heteroatoms. The molecule has 12 atom stereocenters. The standard InChI is InChI=1S/C40H54O13/c1-24-18-40(39(43)45-7,53-34(25(24)2)26(3)31(51-28(5)42)22-47-27(4)41)37-33-35(48-20-30-16-12-9-13-17-30)32(21-46-19-29-14-10-8-11-15-29)52-38(44-6)36(33)49-23-50-37/h8-17,24-26,31-38H,18-23H2,1-7H3/t24-,25-,26-,31-,32?,33+,34?,35+,36?,37?,38-,40+/m1/s1. The van der Waals surface area contributed by atoms with Gasteiger partial charge in [0.05, 0.1) is 39.1 Å². The Kier molecular flexibility index (Phi) is 14.4. The fourth-order valence-electron chi connectivity index (χ4n) is 7.89. The van der Waals surface area contributed by atoms with Crippen LogP contribution in [-0.4, -0.2) is 101 Å². The molecule has 3 saturated heterocycles. The van der Waals surface area contributed by atoms with Crippen LogP contribution in [0.5, 0.6) is 0 Å². The molecular weight excluding hydrogens is 688 g/mol. The molecule has 0 amide bonds. The van der Waals surface area contributed by atoms with Gasteiger partial charge in [-0.3, -0.25) is 9.59 Å². The van der Waals surface area contributed by atoms with Crippen molar-refractivity contribution in [2.75, 3.05) is 34.2 Å². The average molecular weight is 743 g/mol. The van der Waals surface area contributed by atoms with E-state index in [2.05, 4.69) is 0 Å². The summed E-state index contributed by atoms with van der Waals surface area (Å²) in [5, 5.41) is 0. The largest absolute Gasteiger partial charge is 0.467 e. The number of ether oxygens (including phenoxy) is 10. The molecule has 0 aliphatic carbocycles. The van der Waals surface area contributed by atoms with E-state index in [0.717, 1.165) is 11.1 Å². The smallest absolute Gasteiger partial charge is 0.340 e. The zero-order valence-electron chi connectivity index (χ0n) is 31.7. The molecule has 292 valence electrons. The van der Waals surface area contributed by atoms with Crippen LogP contribution in [0.4, 0.5) is 0 Å². The van der Waals surface area contributed by atoms with E-state index in [0.29, 0.717) is 6.61 Å². The average Bonchev–Trinajstić information content (AvgIpc) is 3.16. The van der Waals surface area contributed by atoms with Crippen LogP contribution < -0.4 is 0 Å². The minimum Gasteiger partial charge on any atom is -0.467 e. The third-order valence-electron chi connectivity index (χ3n) is 10.7. The minimum atomic E-state index is -1.66. The number of fused-ring (bicyclic) bond motifs is 1. The summed E-state index contributed by atoms with van der Waals surface area (Å²) in [6, 6.07) is 19.6. The van der Waals surface area contributed by atoms with Crippen LogP contribution in [0.3, 0.4) is 0 Å². The molecule has 0 spiro atoms. The summed E-state index contributed by atoms with van der Waals surface area (Å²) in [6.07, 6.45) is -5.18. The SMILES string of the molecule is COC(=O)[C@@]1(C2OCOC3[C@H](OC)OC(COCc4ccccc4)[C@H](OCc4ccccc4)[C@@H]32)C[C@@H](C)[C@@H](C)C([C@H](C)[C@@H](COC(C)=O)OC(C)=O)O1. The Morgan fingerprint density at radius 3 is 2.17 bits per heavy atom. The summed E-state index contributed by atoms with van der Waals surface area (Å²) in [5.41, 5.74) is 0.277. The van der Waals surface area contributed by atoms with Crippen LogP contribution in [-0.2, 0) is 75.0 Å². The van der Waals surface area contributed by atoms with Crippen molar-refractivity contribution in [1.82, 2.24) is 0 Å². The quantitative estimate of drug-likeness (QED) is 0.185. The first kappa shape index (κ1) is 40.7. The van der Waals surface area contributed by atoms with E-state index >= 15 is 0 Å². The fraction of sp³-hybridized carbons (Fsp3) is 0.625. The Labute approximate surface area is 311 Å². The number of methoxy groups -OCH3 is 2. The first-order chi connectivity index (χ1) is 25.5. The zero-order chi connectivity index (χ0) is 38.1. The molecule has 4 unspecified atom stereocenters.